The zero-order chi connectivity index (χ0) is 11.9. The highest BCUT2D eigenvalue weighted by atomic mass is 16.6. The fourth-order valence-electron chi connectivity index (χ4n) is 2.83. The minimum absolute atomic E-state index is 0.0292. The van der Waals surface area contributed by atoms with E-state index < -0.39 is 5.60 Å². The van der Waals surface area contributed by atoms with Crippen molar-refractivity contribution in [3.63, 3.8) is 0 Å². The molecule has 1 fully saturated rings. The van der Waals surface area contributed by atoms with E-state index in [1.807, 2.05) is 6.07 Å². The molecular weight excluding hydrogens is 218 g/mol. The second-order valence-corrected chi connectivity index (χ2v) is 4.69. The molecule has 2 aliphatic rings. The molecule has 4 nitrogen and oxygen atoms in total. The van der Waals surface area contributed by atoms with Gasteiger partial charge in [-0.05, 0) is 32.0 Å². The van der Waals surface area contributed by atoms with Crippen LogP contribution >= 0.6 is 0 Å². The maximum absolute atomic E-state index is 11.9. The summed E-state index contributed by atoms with van der Waals surface area (Å²) < 4.78 is 5.58. The van der Waals surface area contributed by atoms with Crippen LogP contribution in [-0.2, 0) is 10.3 Å². The predicted octanol–water partition coefficient (Wildman–Crippen LogP) is 1.53. The summed E-state index contributed by atoms with van der Waals surface area (Å²) in [5.74, 6) is -0.360. The number of phenols is 1. The summed E-state index contributed by atoms with van der Waals surface area (Å²) >= 11 is 0. The number of hydrogen-bond donors (Lipinski definition) is 2. The lowest BCUT2D eigenvalue weighted by Crippen LogP contribution is -2.27. The summed E-state index contributed by atoms with van der Waals surface area (Å²) in [5.41, 5.74) is 0.690. The molecule has 0 saturated carbocycles. The summed E-state index contributed by atoms with van der Waals surface area (Å²) in [6.45, 7) is 1.79. The molecule has 1 atom stereocenters. The lowest BCUT2D eigenvalue weighted by Gasteiger charge is -2.26. The third-order valence-corrected chi connectivity index (χ3v) is 3.67. The molecule has 2 heterocycles. The van der Waals surface area contributed by atoms with Crippen LogP contribution in [0, 0.1) is 0 Å². The van der Waals surface area contributed by atoms with Gasteiger partial charge in [0.25, 0.3) is 0 Å². The molecule has 4 heteroatoms. The normalized spacial score (nSPS) is 27.6. The molecule has 1 saturated heterocycles. The van der Waals surface area contributed by atoms with Crippen LogP contribution in [0.25, 0.3) is 0 Å². The van der Waals surface area contributed by atoms with Gasteiger partial charge in [-0.3, -0.25) is 0 Å². The number of carbonyl (C=O) groups is 1. The van der Waals surface area contributed by atoms with Crippen LogP contribution in [0.2, 0.25) is 0 Å². The zero-order valence-electron chi connectivity index (χ0n) is 9.53. The summed E-state index contributed by atoms with van der Waals surface area (Å²) in [7, 11) is 0. The maximum Gasteiger partial charge on any atom is 0.343 e. The molecule has 1 spiro atoms. The minimum atomic E-state index is -0.519. The Morgan fingerprint density at radius 3 is 3.06 bits per heavy atom. The van der Waals surface area contributed by atoms with Crippen molar-refractivity contribution >= 4 is 5.97 Å². The topological polar surface area (TPSA) is 58.6 Å². The Hall–Kier alpha value is -1.55. The molecule has 17 heavy (non-hydrogen) atoms. The zero-order valence-corrected chi connectivity index (χ0v) is 9.53. The second kappa shape index (κ2) is 3.74. The van der Waals surface area contributed by atoms with E-state index >= 15 is 0 Å². The Bertz CT molecular complexity index is 462. The summed E-state index contributed by atoms with van der Waals surface area (Å²) in [4.78, 5) is 11.9. The molecule has 90 valence electrons. The van der Waals surface area contributed by atoms with E-state index in [-0.39, 0.29) is 11.7 Å². The van der Waals surface area contributed by atoms with E-state index in [9.17, 15) is 9.90 Å². The Balaban J connectivity index is 2.11. The van der Waals surface area contributed by atoms with E-state index in [2.05, 4.69) is 5.32 Å². The molecule has 0 aromatic heterocycles. The number of benzene rings is 1. The van der Waals surface area contributed by atoms with Crippen LogP contribution in [0.5, 0.6) is 5.75 Å². The predicted molar refractivity (Wildman–Crippen MR) is 61.9 cm³/mol. The van der Waals surface area contributed by atoms with Crippen molar-refractivity contribution in [3.8, 4) is 5.75 Å². The molecule has 3 rings (SSSR count). The third-order valence-electron chi connectivity index (χ3n) is 3.67. The number of nitrogens with one attached hydrogen (secondary N) is 1. The Kier molecular flexibility index (Phi) is 2.33. The van der Waals surface area contributed by atoms with Crippen molar-refractivity contribution < 1.29 is 14.6 Å². The Morgan fingerprint density at radius 1 is 1.29 bits per heavy atom. The van der Waals surface area contributed by atoms with Gasteiger partial charge in [0, 0.05) is 12.0 Å². The van der Waals surface area contributed by atoms with Crippen LogP contribution in [0.1, 0.15) is 35.2 Å². The summed E-state index contributed by atoms with van der Waals surface area (Å²) in [6, 6.07) is 5.20. The van der Waals surface area contributed by atoms with E-state index in [0.29, 0.717) is 5.56 Å². The van der Waals surface area contributed by atoms with E-state index in [1.54, 1.807) is 6.07 Å². The lowest BCUT2D eigenvalue weighted by molar-refractivity contribution is -0.0147. The molecule has 1 aromatic carbocycles. The van der Waals surface area contributed by atoms with Gasteiger partial charge in [-0.2, -0.15) is 0 Å². The van der Waals surface area contributed by atoms with E-state index in [4.69, 9.17) is 4.74 Å². The molecular formula is C13H15NO3. The Labute approximate surface area is 99.6 Å². The molecule has 0 bridgehead atoms. The number of fused-ring (bicyclic) bond motifs is 2. The third kappa shape index (κ3) is 1.52. The fourth-order valence-corrected chi connectivity index (χ4v) is 2.83. The van der Waals surface area contributed by atoms with Gasteiger partial charge in [0.15, 0.2) is 0 Å². The maximum atomic E-state index is 11.9. The molecule has 2 N–H and O–H groups in total. The molecule has 0 aliphatic carbocycles. The van der Waals surface area contributed by atoms with Gasteiger partial charge in [0.05, 0.1) is 0 Å². The number of phenolic OH excluding ortho intramolecular Hbond substituents is 1. The largest absolute Gasteiger partial charge is 0.507 e. The first kappa shape index (κ1) is 10.6. The summed E-state index contributed by atoms with van der Waals surface area (Å²) in [6.07, 6.45) is 2.57. The van der Waals surface area contributed by atoms with Crippen LogP contribution in [0.4, 0.5) is 0 Å². The SMILES string of the molecule is O=C1OC2(CCCNCC2)c2cccc(O)c21. The number of aromatic hydroxyl groups is 1. The van der Waals surface area contributed by atoms with E-state index in [1.165, 1.54) is 6.07 Å². The van der Waals surface area contributed by atoms with Gasteiger partial charge >= 0.3 is 5.97 Å². The van der Waals surface area contributed by atoms with Gasteiger partial charge in [-0.25, -0.2) is 4.79 Å². The smallest absolute Gasteiger partial charge is 0.343 e. The average molecular weight is 233 g/mol. The molecule has 0 radical (unpaired) electrons. The first-order valence-corrected chi connectivity index (χ1v) is 5.99. The van der Waals surface area contributed by atoms with Gasteiger partial charge in [0.2, 0.25) is 0 Å². The van der Waals surface area contributed by atoms with Crippen LogP contribution in [0.3, 0.4) is 0 Å². The first-order valence-electron chi connectivity index (χ1n) is 5.99. The van der Waals surface area contributed by atoms with Crippen molar-refractivity contribution in [2.45, 2.75) is 24.9 Å². The second-order valence-electron chi connectivity index (χ2n) is 4.69. The average Bonchev–Trinajstić information content (AvgIpc) is 2.49. The van der Waals surface area contributed by atoms with Crippen LogP contribution < -0.4 is 5.32 Å². The quantitative estimate of drug-likeness (QED) is 0.667. The number of ether oxygens (including phenoxy) is 1. The van der Waals surface area contributed by atoms with Crippen LogP contribution in [-0.4, -0.2) is 24.2 Å². The van der Waals surface area contributed by atoms with Crippen molar-refractivity contribution in [2.24, 2.45) is 0 Å². The van der Waals surface area contributed by atoms with Gasteiger partial charge < -0.3 is 15.2 Å². The first-order chi connectivity index (χ1) is 8.23. The van der Waals surface area contributed by atoms with Crippen molar-refractivity contribution in [1.29, 1.82) is 0 Å². The number of carbonyl (C=O) groups excluding carboxylic acids is 1. The number of hydrogen-bond acceptors (Lipinski definition) is 4. The standard InChI is InChI=1S/C13H15NO3/c15-10-4-1-3-9-11(10)12(16)17-13(9)5-2-7-14-8-6-13/h1,3-4,14-15H,2,5-8H2. The van der Waals surface area contributed by atoms with Gasteiger partial charge in [0.1, 0.15) is 16.9 Å². The van der Waals surface area contributed by atoms with Crippen molar-refractivity contribution in [2.75, 3.05) is 13.1 Å². The van der Waals surface area contributed by atoms with Crippen LogP contribution in [0.15, 0.2) is 18.2 Å². The van der Waals surface area contributed by atoms with E-state index in [0.717, 1.165) is 37.9 Å². The highest BCUT2D eigenvalue weighted by Gasteiger charge is 2.46. The van der Waals surface area contributed by atoms with Crippen molar-refractivity contribution in [3.05, 3.63) is 29.3 Å². The molecule has 1 unspecified atom stereocenters. The monoisotopic (exact) mass is 233 g/mol. The highest BCUT2D eigenvalue weighted by molar-refractivity contribution is 5.97. The number of esters is 1. The van der Waals surface area contributed by atoms with Gasteiger partial charge in [-0.1, -0.05) is 12.1 Å². The molecule has 2 aliphatic heterocycles. The fraction of sp³-hybridized carbons (Fsp3) is 0.462. The minimum Gasteiger partial charge on any atom is -0.507 e. The highest BCUT2D eigenvalue weighted by Crippen LogP contribution is 2.45. The molecule has 1 aromatic rings. The van der Waals surface area contributed by atoms with Crippen molar-refractivity contribution in [1.82, 2.24) is 5.32 Å². The molecule has 0 amide bonds. The number of rotatable bonds is 0. The summed E-state index contributed by atoms with van der Waals surface area (Å²) in [5, 5.41) is 13.1. The van der Waals surface area contributed by atoms with Gasteiger partial charge in [-0.15, -0.1) is 0 Å². The Morgan fingerprint density at radius 2 is 2.18 bits per heavy atom. The lowest BCUT2D eigenvalue weighted by atomic mass is 9.86.